The van der Waals surface area contributed by atoms with Crippen LogP contribution in [0.15, 0.2) is 30.9 Å². The number of carbonyl (C=O) groups is 1. The van der Waals surface area contributed by atoms with E-state index in [0.29, 0.717) is 6.54 Å². The average molecular weight is 409 g/mol. The lowest BCUT2D eigenvalue weighted by Crippen LogP contribution is -2.42. The molecule has 5 N–H and O–H groups in total. The van der Waals surface area contributed by atoms with Crippen molar-refractivity contribution < 1.29 is 19.7 Å². The minimum Gasteiger partial charge on any atom is -0.387 e. The maximum Gasteiger partial charge on any atom is 0.252 e. The van der Waals surface area contributed by atoms with Crippen molar-refractivity contribution in [3.63, 3.8) is 0 Å². The first kappa shape index (κ1) is 19.7. The van der Waals surface area contributed by atoms with Gasteiger partial charge in [-0.3, -0.25) is 14.3 Å². The van der Waals surface area contributed by atoms with Crippen LogP contribution in [0.3, 0.4) is 0 Å². The predicted octanol–water partition coefficient (Wildman–Crippen LogP) is -1.04. The van der Waals surface area contributed by atoms with Gasteiger partial charge in [-0.05, 0) is 25.0 Å². The van der Waals surface area contributed by atoms with E-state index in [2.05, 4.69) is 37.1 Å². The highest BCUT2D eigenvalue weighted by atomic mass is 16.6. The van der Waals surface area contributed by atoms with Crippen LogP contribution in [-0.2, 0) is 9.53 Å². The van der Waals surface area contributed by atoms with Gasteiger partial charge in [0.05, 0.1) is 6.33 Å². The van der Waals surface area contributed by atoms with Crippen molar-refractivity contribution in [1.82, 2.24) is 29.8 Å². The van der Waals surface area contributed by atoms with Gasteiger partial charge in [0, 0.05) is 24.5 Å². The van der Waals surface area contributed by atoms with Crippen molar-refractivity contribution in [2.45, 2.75) is 31.5 Å². The van der Waals surface area contributed by atoms with E-state index in [4.69, 9.17) is 10.5 Å². The highest BCUT2D eigenvalue weighted by Crippen LogP contribution is 2.32. The average Bonchev–Trinajstić information content (AvgIpc) is 3.29. The Morgan fingerprint density at radius 1 is 1.27 bits per heavy atom. The van der Waals surface area contributed by atoms with Crippen LogP contribution < -0.4 is 11.1 Å². The third-order valence-electron chi connectivity index (χ3n) is 4.57. The Kier molecular flexibility index (Phi) is 5.28. The third kappa shape index (κ3) is 3.55. The number of carbonyl (C=O) groups excluding carboxylic acids is 1. The quantitative estimate of drug-likeness (QED) is 0.396. The Bertz CT molecular complexity index is 1140. The zero-order chi connectivity index (χ0) is 21.3. The van der Waals surface area contributed by atoms with Crippen molar-refractivity contribution in [2.75, 3.05) is 12.3 Å². The van der Waals surface area contributed by atoms with Gasteiger partial charge in [0.1, 0.15) is 17.7 Å². The maximum absolute atomic E-state index is 12.1. The molecular formula is C19H19N7O4. The summed E-state index contributed by atoms with van der Waals surface area (Å²) in [5.74, 6) is 5.47. The van der Waals surface area contributed by atoms with E-state index < -0.39 is 30.4 Å². The van der Waals surface area contributed by atoms with E-state index in [1.54, 1.807) is 31.5 Å². The number of nitrogens with zero attached hydrogens (tertiary/aromatic N) is 5. The van der Waals surface area contributed by atoms with Gasteiger partial charge in [0.25, 0.3) is 5.91 Å². The summed E-state index contributed by atoms with van der Waals surface area (Å²) in [7, 11) is 0. The lowest BCUT2D eigenvalue weighted by molar-refractivity contribution is -0.137. The molecule has 4 rings (SSSR count). The van der Waals surface area contributed by atoms with Gasteiger partial charge in [-0.25, -0.2) is 15.0 Å². The SMILES string of the molecule is CCNC(=O)[C@H]1O[C@@H](n2cnc3c(N)nc(C#Cc4ccncc4)nc32)[C@H](O)[C@@H]1O. The van der Waals surface area contributed by atoms with Crippen molar-refractivity contribution >= 4 is 22.9 Å². The van der Waals surface area contributed by atoms with E-state index >= 15 is 0 Å². The molecule has 0 aromatic carbocycles. The van der Waals surface area contributed by atoms with Gasteiger partial charge in [0.2, 0.25) is 5.82 Å². The molecular weight excluding hydrogens is 390 g/mol. The maximum atomic E-state index is 12.1. The number of aliphatic hydroxyl groups is 2. The number of anilines is 1. The number of aromatic nitrogens is 5. The fourth-order valence-electron chi connectivity index (χ4n) is 3.12. The molecule has 0 aliphatic carbocycles. The molecule has 0 saturated carbocycles. The van der Waals surface area contributed by atoms with Crippen LogP contribution in [0.4, 0.5) is 5.82 Å². The highest BCUT2D eigenvalue weighted by Gasteiger charge is 2.47. The van der Waals surface area contributed by atoms with Gasteiger partial charge in [-0.1, -0.05) is 5.92 Å². The standard InChI is InChI=1S/C19H19N7O4/c1-2-22-18(29)15-13(27)14(28)19(30-15)26-9-23-12-16(20)24-11(25-17(12)26)4-3-10-5-7-21-8-6-10/h5-9,13-15,19,27-28H,2H2,1H3,(H,22,29)(H2,20,24,25)/t13-,14+,15-,19+/m0/s1. The Labute approximate surface area is 170 Å². The van der Waals surface area contributed by atoms with Gasteiger partial charge < -0.3 is 26.0 Å². The molecule has 4 atom stereocenters. The number of nitrogens with one attached hydrogen (secondary N) is 1. The molecule has 0 bridgehead atoms. The van der Waals surface area contributed by atoms with Crippen LogP contribution in [0, 0.1) is 11.8 Å². The summed E-state index contributed by atoms with van der Waals surface area (Å²) in [6, 6.07) is 3.48. The highest BCUT2D eigenvalue weighted by molar-refractivity contribution is 5.83. The first-order valence-electron chi connectivity index (χ1n) is 9.21. The number of hydrogen-bond acceptors (Lipinski definition) is 9. The number of amides is 1. The monoisotopic (exact) mass is 409 g/mol. The number of rotatable bonds is 3. The van der Waals surface area contributed by atoms with E-state index in [9.17, 15) is 15.0 Å². The molecule has 0 spiro atoms. The number of fused-ring (bicyclic) bond motifs is 1. The molecule has 1 fully saturated rings. The molecule has 0 unspecified atom stereocenters. The molecule has 1 saturated heterocycles. The first-order chi connectivity index (χ1) is 14.5. The van der Waals surface area contributed by atoms with Crippen molar-refractivity contribution in [2.24, 2.45) is 0 Å². The smallest absolute Gasteiger partial charge is 0.252 e. The largest absolute Gasteiger partial charge is 0.387 e. The summed E-state index contributed by atoms with van der Waals surface area (Å²) >= 11 is 0. The second-order valence-corrected chi connectivity index (χ2v) is 6.57. The molecule has 0 radical (unpaired) electrons. The molecule has 154 valence electrons. The molecule has 3 aromatic heterocycles. The van der Waals surface area contributed by atoms with Crippen LogP contribution in [0.1, 0.15) is 24.5 Å². The Balaban J connectivity index is 1.70. The lowest BCUT2D eigenvalue weighted by Gasteiger charge is -2.16. The fraction of sp³-hybridized carbons (Fsp3) is 0.316. The van der Waals surface area contributed by atoms with E-state index in [1.165, 1.54) is 10.9 Å². The number of aliphatic hydroxyl groups excluding tert-OH is 2. The molecule has 3 aromatic rings. The van der Waals surface area contributed by atoms with Crippen LogP contribution in [-0.4, -0.2) is 65.5 Å². The minimum absolute atomic E-state index is 0.103. The normalized spacial score (nSPS) is 23.2. The molecule has 30 heavy (non-hydrogen) atoms. The summed E-state index contributed by atoms with van der Waals surface area (Å²) in [6.07, 6.45) is -0.516. The van der Waals surface area contributed by atoms with Gasteiger partial charge >= 0.3 is 0 Å². The van der Waals surface area contributed by atoms with E-state index in [-0.39, 0.29) is 22.8 Å². The number of likely N-dealkylation sites (N-methyl/N-ethyl adjacent to an activating group) is 1. The number of nitrogen functional groups attached to an aromatic ring is 1. The first-order valence-corrected chi connectivity index (χ1v) is 9.21. The molecule has 1 aliphatic heterocycles. The Morgan fingerprint density at radius 2 is 2.03 bits per heavy atom. The van der Waals surface area contributed by atoms with E-state index in [0.717, 1.165) is 5.56 Å². The lowest BCUT2D eigenvalue weighted by atomic mass is 10.1. The summed E-state index contributed by atoms with van der Waals surface area (Å²) in [5, 5.41) is 23.3. The van der Waals surface area contributed by atoms with Gasteiger partial charge in [-0.2, -0.15) is 0 Å². The molecule has 11 heteroatoms. The summed E-state index contributed by atoms with van der Waals surface area (Å²) in [4.78, 5) is 28.7. The number of nitrogens with two attached hydrogens (primary N) is 1. The van der Waals surface area contributed by atoms with Crippen molar-refractivity contribution in [3.8, 4) is 11.8 Å². The van der Waals surface area contributed by atoms with Crippen LogP contribution >= 0.6 is 0 Å². The second-order valence-electron chi connectivity index (χ2n) is 6.57. The predicted molar refractivity (Wildman–Crippen MR) is 105 cm³/mol. The van der Waals surface area contributed by atoms with Crippen LogP contribution in [0.25, 0.3) is 11.2 Å². The Morgan fingerprint density at radius 3 is 2.77 bits per heavy atom. The number of hydrogen-bond donors (Lipinski definition) is 4. The van der Waals surface area contributed by atoms with Crippen LogP contribution in [0.5, 0.6) is 0 Å². The number of pyridine rings is 1. The third-order valence-corrected chi connectivity index (χ3v) is 4.57. The molecule has 1 aliphatic rings. The van der Waals surface area contributed by atoms with E-state index in [1.807, 2.05) is 0 Å². The van der Waals surface area contributed by atoms with Gasteiger partial charge in [0.15, 0.2) is 23.8 Å². The van der Waals surface area contributed by atoms with Crippen molar-refractivity contribution in [1.29, 1.82) is 0 Å². The van der Waals surface area contributed by atoms with Crippen molar-refractivity contribution in [3.05, 3.63) is 42.2 Å². The minimum atomic E-state index is -1.41. The Hall–Kier alpha value is -3.59. The zero-order valence-electron chi connectivity index (χ0n) is 15.9. The molecule has 11 nitrogen and oxygen atoms in total. The van der Waals surface area contributed by atoms with Crippen LogP contribution in [0.2, 0.25) is 0 Å². The topological polar surface area (TPSA) is 161 Å². The fourth-order valence-corrected chi connectivity index (χ4v) is 3.12. The zero-order valence-corrected chi connectivity index (χ0v) is 15.9. The second kappa shape index (κ2) is 8.03. The number of ether oxygens (including phenoxy) is 1. The number of imidazole rings is 1. The summed E-state index contributed by atoms with van der Waals surface area (Å²) < 4.78 is 7.03. The summed E-state index contributed by atoms with van der Waals surface area (Å²) in [6.45, 7) is 2.11. The molecule has 4 heterocycles. The molecule has 1 amide bonds. The summed E-state index contributed by atoms with van der Waals surface area (Å²) in [5.41, 5.74) is 7.27. The van der Waals surface area contributed by atoms with Gasteiger partial charge in [-0.15, -0.1) is 0 Å².